The van der Waals surface area contributed by atoms with Crippen LogP contribution in [0, 0.1) is 6.92 Å². The molecule has 0 aliphatic heterocycles. The van der Waals surface area contributed by atoms with Gasteiger partial charge in [0.2, 0.25) is 0 Å². The summed E-state index contributed by atoms with van der Waals surface area (Å²) in [5.41, 5.74) is 2.14. The second-order valence-electron chi connectivity index (χ2n) is 4.62. The zero-order chi connectivity index (χ0) is 14.2. The van der Waals surface area contributed by atoms with E-state index < -0.39 is 0 Å². The Morgan fingerprint density at radius 1 is 1.00 bits per heavy atom. The Morgan fingerprint density at radius 2 is 1.75 bits per heavy atom. The topological polar surface area (TPSA) is 62.7 Å². The lowest BCUT2D eigenvalue weighted by atomic mass is 10.2. The smallest absolute Gasteiger partial charge is 0.134 e. The van der Waals surface area contributed by atoms with Crippen molar-refractivity contribution in [2.45, 2.75) is 26.7 Å². The molecule has 0 bridgehead atoms. The maximum atomic E-state index is 4.31. The molecule has 0 aliphatic carbocycles. The molecule has 2 aromatic rings. The van der Waals surface area contributed by atoms with Crippen molar-refractivity contribution in [3.05, 3.63) is 42.0 Å². The predicted molar refractivity (Wildman–Crippen MR) is 82.0 cm³/mol. The fourth-order valence-corrected chi connectivity index (χ4v) is 1.90. The van der Waals surface area contributed by atoms with Crippen molar-refractivity contribution >= 4 is 11.6 Å². The van der Waals surface area contributed by atoms with Crippen molar-refractivity contribution in [1.29, 1.82) is 0 Å². The van der Waals surface area contributed by atoms with Gasteiger partial charge in [-0.05, 0) is 25.5 Å². The third-order valence-electron chi connectivity index (χ3n) is 3.03. The largest absolute Gasteiger partial charge is 0.370 e. The molecule has 2 N–H and O–H groups in total. The van der Waals surface area contributed by atoms with E-state index in [0.717, 1.165) is 48.8 Å². The van der Waals surface area contributed by atoms with Gasteiger partial charge in [-0.15, -0.1) is 0 Å². The van der Waals surface area contributed by atoms with Gasteiger partial charge in [0.25, 0.3) is 0 Å². The lowest BCUT2D eigenvalue weighted by Gasteiger charge is -2.12. The van der Waals surface area contributed by atoms with Crippen LogP contribution in [0.25, 0.3) is 0 Å². The van der Waals surface area contributed by atoms with Crippen LogP contribution in [0.15, 0.2) is 30.7 Å². The Hall–Kier alpha value is -2.17. The molecule has 106 valence electrons. The summed E-state index contributed by atoms with van der Waals surface area (Å²) in [7, 11) is 0. The minimum atomic E-state index is 0.808. The number of nitrogens with zero attached hydrogens (tertiary/aromatic N) is 3. The summed E-state index contributed by atoms with van der Waals surface area (Å²) in [4.78, 5) is 12.9. The lowest BCUT2D eigenvalue weighted by Crippen LogP contribution is -2.11. The molecule has 5 nitrogen and oxygen atoms in total. The molecule has 0 amide bonds. The van der Waals surface area contributed by atoms with Crippen LogP contribution in [0.1, 0.15) is 24.6 Å². The van der Waals surface area contributed by atoms with E-state index in [9.17, 15) is 0 Å². The third kappa shape index (κ3) is 3.91. The van der Waals surface area contributed by atoms with Crippen LogP contribution in [-0.2, 0) is 6.42 Å². The fourth-order valence-electron chi connectivity index (χ4n) is 1.90. The SMILES string of the molecule is CCCNc1ncnc(NCCc2ccccn2)c1C. The summed E-state index contributed by atoms with van der Waals surface area (Å²) >= 11 is 0. The Kier molecular flexibility index (Phi) is 5.29. The van der Waals surface area contributed by atoms with E-state index in [0.29, 0.717) is 0 Å². The normalized spacial score (nSPS) is 10.3. The van der Waals surface area contributed by atoms with Crippen LogP contribution < -0.4 is 10.6 Å². The highest BCUT2D eigenvalue weighted by Crippen LogP contribution is 2.17. The predicted octanol–water partition coefficient (Wildman–Crippen LogP) is 2.66. The van der Waals surface area contributed by atoms with Gasteiger partial charge in [0, 0.05) is 37.0 Å². The van der Waals surface area contributed by atoms with E-state index in [1.165, 1.54) is 0 Å². The van der Waals surface area contributed by atoms with E-state index in [1.807, 2.05) is 31.3 Å². The van der Waals surface area contributed by atoms with Crippen molar-refractivity contribution in [3.63, 3.8) is 0 Å². The molecule has 2 heterocycles. The molecule has 0 atom stereocenters. The minimum absolute atomic E-state index is 0.808. The van der Waals surface area contributed by atoms with Crippen molar-refractivity contribution < 1.29 is 0 Å². The molecule has 0 unspecified atom stereocenters. The van der Waals surface area contributed by atoms with Crippen molar-refractivity contribution in [2.75, 3.05) is 23.7 Å². The maximum absolute atomic E-state index is 4.31. The first-order chi connectivity index (χ1) is 9.81. The minimum Gasteiger partial charge on any atom is -0.370 e. The molecule has 0 radical (unpaired) electrons. The van der Waals surface area contributed by atoms with Gasteiger partial charge in [0.1, 0.15) is 18.0 Å². The van der Waals surface area contributed by atoms with Gasteiger partial charge in [-0.25, -0.2) is 9.97 Å². The third-order valence-corrected chi connectivity index (χ3v) is 3.03. The Morgan fingerprint density at radius 3 is 2.40 bits per heavy atom. The van der Waals surface area contributed by atoms with E-state index in [4.69, 9.17) is 0 Å². The monoisotopic (exact) mass is 271 g/mol. The molecule has 5 heteroatoms. The van der Waals surface area contributed by atoms with Gasteiger partial charge in [0.05, 0.1) is 0 Å². The number of pyridine rings is 1. The van der Waals surface area contributed by atoms with Crippen LogP contribution >= 0.6 is 0 Å². The van der Waals surface area contributed by atoms with Gasteiger partial charge in [-0.1, -0.05) is 13.0 Å². The number of nitrogens with one attached hydrogen (secondary N) is 2. The summed E-state index contributed by atoms with van der Waals surface area (Å²) in [6, 6.07) is 5.96. The standard InChI is InChI=1S/C15H21N5/c1-3-8-17-14-12(2)15(20-11-19-14)18-10-7-13-6-4-5-9-16-13/h4-6,9,11H,3,7-8,10H2,1-2H3,(H2,17,18,19,20). The first kappa shape index (κ1) is 14.2. The highest BCUT2D eigenvalue weighted by atomic mass is 15.1. The van der Waals surface area contributed by atoms with E-state index in [2.05, 4.69) is 32.5 Å². The zero-order valence-electron chi connectivity index (χ0n) is 12.1. The second kappa shape index (κ2) is 7.43. The van der Waals surface area contributed by atoms with Gasteiger partial charge in [0.15, 0.2) is 0 Å². The number of anilines is 2. The molecule has 0 saturated carbocycles. The molecule has 0 aliphatic rings. The van der Waals surface area contributed by atoms with Crippen LogP contribution in [-0.4, -0.2) is 28.0 Å². The summed E-state index contributed by atoms with van der Waals surface area (Å²) in [5.74, 6) is 1.79. The molecule has 2 rings (SSSR count). The summed E-state index contributed by atoms with van der Waals surface area (Å²) in [6.45, 7) is 5.89. The molecule has 0 aromatic carbocycles. The van der Waals surface area contributed by atoms with Gasteiger partial charge in [-0.3, -0.25) is 4.98 Å². The molecule has 2 aromatic heterocycles. The maximum Gasteiger partial charge on any atom is 0.134 e. The van der Waals surface area contributed by atoms with Crippen molar-refractivity contribution in [1.82, 2.24) is 15.0 Å². The van der Waals surface area contributed by atoms with Crippen LogP contribution in [0.5, 0.6) is 0 Å². The highest BCUT2D eigenvalue weighted by Gasteiger charge is 2.05. The number of rotatable bonds is 7. The fraction of sp³-hybridized carbons (Fsp3) is 0.400. The quantitative estimate of drug-likeness (QED) is 0.810. The lowest BCUT2D eigenvalue weighted by molar-refractivity contribution is 0.938. The molecule has 0 spiro atoms. The Labute approximate surface area is 119 Å². The summed E-state index contributed by atoms with van der Waals surface area (Å²) < 4.78 is 0. The first-order valence-corrected chi connectivity index (χ1v) is 7.00. The Balaban J connectivity index is 1.92. The van der Waals surface area contributed by atoms with E-state index in [1.54, 1.807) is 6.33 Å². The second-order valence-corrected chi connectivity index (χ2v) is 4.62. The first-order valence-electron chi connectivity index (χ1n) is 7.00. The van der Waals surface area contributed by atoms with Gasteiger partial charge >= 0.3 is 0 Å². The Bertz CT molecular complexity index is 527. The van der Waals surface area contributed by atoms with Crippen molar-refractivity contribution in [2.24, 2.45) is 0 Å². The summed E-state index contributed by atoms with van der Waals surface area (Å²) in [5, 5.41) is 6.65. The zero-order valence-corrected chi connectivity index (χ0v) is 12.1. The average Bonchev–Trinajstić information content (AvgIpc) is 2.49. The molecule has 0 fully saturated rings. The molecular formula is C15H21N5. The number of hydrogen-bond acceptors (Lipinski definition) is 5. The highest BCUT2D eigenvalue weighted by molar-refractivity contribution is 5.56. The van der Waals surface area contributed by atoms with Crippen LogP contribution in [0.4, 0.5) is 11.6 Å². The number of hydrogen-bond donors (Lipinski definition) is 2. The molecular weight excluding hydrogens is 250 g/mol. The van der Waals surface area contributed by atoms with Crippen molar-refractivity contribution in [3.8, 4) is 0 Å². The number of aromatic nitrogens is 3. The molecule has 20 heavy (non-hydrogen) atoms. The van der Waals surface area contributed by atoms with E-state index >= 15 is 0 Å². The van der Waals surface area contributed by atoms with Crippen LogP contribution in [0.3, 0.4) is 0 Å². The van der Waals surface area contributed by atoms with Crippen LogP contribution in [0.2, 0.25) is 0 Å². The summed E-state index contributed by atoms with van der Waals surface area (Å²) in [6.07, 6.45) is 5.36. The van der Waals surface area contributed by atoms with Gasteiger partial charge < -0.3 is 10.6 Å². The molecule has 0 saturated heterocycles. The average molecular weight is 271 g/mol. The van der Waals surface area contributed by atoms with Gasteiger partial charge in [-0.2, -0.15) is 0 Å². The van der Waals surface area contributed by atoms with E-state index in [-0.39, 0.29) is 0 Å².